The highest BCUT2D eigenvalue weighted by Gasteiger charge is 2.15. The third kappa shape index (κ3) is 3.59. The molecule has 0 aliphatic heterocycles. The van der Waals surface area contributed by atoms with Crippen molar-refractivity contribution in [1.82, 2.24) is 0 Å². The van der Waals surface area contributed by atoms with Crippen LogP contribution in [-0.4, -0.2) is 8.42 Å². The van der Waals surface area contributed by atoms with Gasteiger partial charge in [0, 0.05) is 6.04 Å². The van der Waals surface area contributed by atoms with E-state index < -0.39 is 10.0 Å². The molecule has 0 saturated heterocycles. The number of halogens is 1. The first-order valence-corrected chi connectivity index (χ1v) is 7.98. The molecule has 0 aliphatic carbocycles. The van der Waals surface area contributed by atoms with E-state index in [2.05, 4.69) is 5.32 Å². The van der Waals surface area contributed by atoms with Gasteiger partial charge in [-0.15, -0.1) is 0 Å². The summed E-state index contributed by atoms with van der Waals surface area (Å²) in [6.45, 7) is 3.51. The minimum atomic E-state index is -3.81. The molecule has 3 N–H and O–H groups in total. The lowest BCUT2D eigenvalue weighted by atomic mass is 10.1. The maximum absolute atomic E-state index is 13.6. The second kappa shape index (κ2) is 5.83. The fraction of sp³-hybridized carbons (Fsp3) is 0.200. The van der Waals surface area contributed by atoms with Crippen molar-refractivity contribution in [1.29, 1.82) is 0 Å². The Balaban J connectivity index is 2.32. The lowest BCUT2D eigenvalue weighted by Crippen LogP contribution is -2.16. The van der Waals surface area contributed by atoms with Gasteiger partial charge >= 0.3 is 0 Å². The van der Waals surface area contributed by atoms with Crippen molar-refractivity contribution in [2.45, 2.75) is 24.8 Å². The number of sulfonamides is 1. The molecule has 2 rings (SSSR count). The first-order chi connectivity index (χ1) is 9.79. The number of anilines is 1. The quantitative estimate of drug-likeness (QED) is 0.912. The van der Waals surface area contributed by atoms with E-state index in [9.17, 15) is 12.8 Å². The number of benzene rings is 2. The van der Waals surface area contributed by atoms with E-state index in [1.54, 1.807) is 37.3 Å². The van der Waals surface area contributed by atoms with E-state index in [0.717, 1.165) is 5.56 Å². The number of aryl methyl sites for hydroxylation is 1. The Kier molecular flexibility index (Phi) is 4.29. The SMILES string of the molecule is Cc1ccc(C(C)Nc2ccccc2S(N)(=O)=O)cc1F. The molecule has 2 aromatic rings. The molecule has 0 heterocycles. The van der Waals surface area contributed by atoms with E-state index in [1.807, 2.05) is 6.92 Å². The van der Waals surface area contributed by atoms with E-state index in [1.165, 1.54) is 12.1 Å². The van der Waals surface area contributed by atoms with Gasteiger partial charge < -0.3 is 5.32 Å². The Bertz CT molecular complexity index is 760. The van der Waals surface area contributed by atoms with Gasteiger partial charge in [-0.25, -0.2) is 17.9 Å². The van der Waals surface area contributed by atoms with Crippen molar-refractivity contribution in [2.24, 2.45) is 5.14 Å². The van der Waals surface area contributed by atoms with Gasteiger partial charge in [0.15, 0.2) is 0 Å². The molecule has 1 atom stereocenters. The monoisotopic (exact) mass is 308 g/mol. The zero-order valence-electron chi connectivity index (χ0n) is 11.8. The summed E-state index contributed by atoms with van der Waals surface area (Å²) in [6.07, 6.45) is 0. The molecule has 2 aromatic carbocycles. The average molecular weight is 308 g/mol. The van der Waals surface area contributed by atoms with Crippen LogP contribution in [0.25, 0.3) is 0 Å². The predicted molar refractivity (Wildman–Crippen MR) is 81.0 cm³/mol. The molecule has 1 unspecified atom stereocenters. The van der Waals surface area contributed by atoms with E-state index in [0.29, 0.717) is 11.3 Å². The first-order valence-electron chi connectivity index (χ1n) is 6.43. The molecule has 0 spiro atoms. The highest BCUT2D eigenvalue weighted by molar-refractivity contribution is 7.89. The van der Waals surface area contributed by atoms with Crippen molar-refractivity contribution in [3.8, 4) is 0 Å². The van der Waals surface area contributed by atoms with Gasteiger partial charge in [0.2, 0.25) is 10.0 Å². The average Bonchev–Trinajstić information content (AvgIpc) is 2.41. The van der Waals surface area contributed by atoms with Crippen LogP contribution >= 0.6 is 0 Å². The maximum atomic E-state index is 13.6. The Morgan fingerprint density at radius 2 is 1.86 bits per heavy atom. The van der Waals surface area contributed by atoms with Crippen LogP contribution in [0.1, 0.15) is 24.1 Å². The molecule has 21 heavy (non-hydrogen) atoms. The summed E-state index contributed by atoms with van der Waals surface area (Å²) in [4.78, 5) is 0.0180. The summed E-state index contributed by atoms with van der Waals surface area (Å²) in [5, 5.41) is 8.24. The summed E-state index contributed by atoms with van der Waals surface area (Å²) in [7, 11) is -3.81. The number of nitrogens with one attached hydrogen (secondary N) is 1. The van der Waals surface area contributed by atoms with Gasteiger partial charge in [0.1, 0.15) is 10.7 Å². The molecule has 0 fully saturated rings. The van der Waals surface area contributed by atoms with Crippen LogP contribution in [0.4, 0.5) is 10.1 Å². The Labute approximate surface area is 123 Å². The van der Waals surface area contributed by atoms with Crippen LogP contribution in [0.5, 0.6) is 0 Å². The number of para-hydroxylation sites is 1. The van der Waals surface area contributed by atoms with Crippen LogP contribution < -0.4 is 10.5 Å². The van der Waals surface area contributed by atoms with Crippen molar-refractivity contribution in [3.63, 3.8) is 0 Å². The molecule has 112 valence electrons. The third-order valence-corrected chi connectivity index (χ3v) is 4.23. The molecule has 6 heteroatoms. The molecule has 0 radical (unpaired) electrons. The summed E-state index contributed by atoms with van der Waals surface area (Å²) in [5.41, 5.74) is 1.69. The number of nitrogens with two attached hydrogens (primary N) is 1. The molecule has 0 aromatic heterocycles. The predicted octanol–water partition coefficient (Wildman–Crippen LogP) is 2.95. The number of rotatable bonds is 4. The fourth-order valence-electron chi connectivity index (χ4n) is 2.03. The van der Waals surface area contributed by atoms with Crippen molar-refractivity contribution in [3.05, 3.63) is 59.4 Å². The van der Waals surface area contributed by atoms with Crippen molar-refractivity contribution in [2.75, 3.05) is 5.32 Å². The summed E-state index contributed by atoms with van der Waals surface area (Å²) >= 11 is 0. The van der Waals surface area contributed by atoms with Gasteiger partial charge in [-0.05, 0) is 43.2 Å². The lowest BCUT2D eigenvalue weighted by Gasteiger charge is -2.18. The Morgan fingerprint density at radius 3 is 2.48 bits per heavy atom. The van der Waals surface area contributed by atoms with Gasteiger partial charge in [0.05, 0.1) is 5.69 Å². The van der Waals surface area contributed by atoms with Crippen LogP contribution in [-0.2, 0) is 10.0 Å². The standard InChI is InChI=1S/C15H17FN2O2S/c1-10-7-8-12(9-13(10)16)11(2)18-14-5-3-4-6-15(14)21(17,19)20/h3-9,11,18H,1-2H3,(H2,17,19,20). The molecule has 4 nitrogen and oxygen atoms in total. The zero-order valence-corrected chi connectivity index (χ0v) is 12.6. The fourth-order valence-corrected chi connectivity index (χ4v) is 2.73. The lowest BCUT2D eigenvalue weighted by molar-refractivity contribution is 0.597. The molecule has 0 amide bonds. The molecular formula is C15H17FN2O2S. The second-order valence-corrected chi connectivity index (χ2v) is 6.45. The van der Waals surface area contributed by atoms with Crippen molar-refractivity contribution < 1.29 is 12.8 Å². The molecular weight excluding hydrogens is 291 g/mol. The smallest absolute Gasteiger partial charge is 0.240 e. The zero-order chi connectivity index (χ0) is 15.6. The third-order valence-electron chi connectivity index (χ3n) is 3.26. The first kappa shape index (κ1) is 15.5. The largest absolute Gasteiger partial charge is 0.377 e. The van der Waals surface area contributed by atoms with E-state index >= 15 is 0 Å². The van der Waals surface area contributed by atoms with Crippen LogP contribution in [0, 0.1) is 12.7 Å². The number of hydrogen-bond donors (Lipinski definition) is 2. The number of primary sulfonamides is 1. The van der Waals surface area contributed by atoms with Gasteiger partial charge in [-0.1, -0.05) is 24.3 Å². The van der Waals surface area contributed by atoms with E-state index in [4.69, 9.17) is 5.14 Å². The molecule has 0 bridgehead atoms. The topological polar surface area (TPSA) is 72.2 Å². The summed E-state index contributed by atoms with van der Waals surface area (Å²) < 4.78 is 36.7. The minimum absolute atomic E-state index is 0.0180. The minimum Gasteiger partial charge on any atom is -0.377 e. The van der Waals surface area contributed by atoms with E-state index in [-0.39, 0.29) is 16.8 Å². The second-order valence-electron chi connectivity index (χ2n) is 4.92. The Hall–Kier alpha value is -1.92. The van der Waals surface area contributed by atoms with Crippen molar-refractivity contribution >= 4 is 15.7 Å². The maximum Gasteiger partial charge on any atom is 0.240 e. The van der Waals surface area contributed by atoms with Gasteiger partial charge in [-0.2, -0.15) is 0 Å². The van der Waals surface area contributed by atoms with Gasteiger partial charge in [-0.3, -0.25) is 0 Å². The number of hydrogen-bond acceptors (Lipinski definition) is 3. The van der Waals surface area contributed by atoms with Crippen LogP contribution in [0.15, 0.2) is 47.4 Å². The highest BCUT2D eigenvalue weighted by atomic mass is 32.2. The van der Waals surface area contributed by atoms with Gasteiger partial charge in [0.25, 0.3) is 0 Å². The summed E-state index contributed by atoms with van der Waals surface area (Å²) in [5.74, 6) is -0.291. The van der Waals surface area contributed by atoms with Crippen LogP contribution in [0.2, 0.25) is 0 Å². The molecule has 0 saturated carbocycles. The highest BCUT2D eigenvalue weighted by Crippen LogP contribution is 2.25. The molecule has 0 aliphatic rings. The van der Waals surface area contributed by atoms with Crippen LogP contribution in [0.3, 0.4) is 0 Å². The Morgan fingerprint density at radius 1 is 1.19 bits per heavy atom. The normalized spacial score (nSPS) is 13.0. The summed E-state index contributed by atoms with van der Waals surface area (Å²) in [6, 6.07) is 11.0.